The summed E-state index contributed by atoms with van der Waals surface area (Å²) in [4.78, 5) is 4.25. The van der Waals surface area contributed by atoms with Crippen molar-refractivity contribution in [3.63, 3.8) is 0 Å². The zero-order valence-electron chi connectivity index (χ0n) is 10.1. The Labute approximate surface area is 123 Å². The Morgan fingerprint density at radius 3 is 2.50 bits per heavy atom. The predicted molar refractivity (Wildman–Crippen MR) is 75.6 cm³/mol. The van der Waals surface area contributed by atoms with E-state index in [-0.39, 0.29) is 5.88 Å². The lowest BCUT2D eigenvalue weighted by atomic mass is 10.2. The Hall–Kier alpha value is -1.65. The summed E-state index contributed by atoms with van der Waals surface area (Å²) in [6.07, 6.45) is 0. The molecule has 0 saturated carbocycles. The summed E-state index contributed by atoms with van der Waals surface area (Å²) in [6.45, 7) is 0. The Morgan fingerprint density at radius 1 is 1.05 bits per heavy atom. The smallest absolute Gasteiger partial charge is 0.129 e. The summed E-state index contributed by atoms with van der Waals surface area (Å²) >= 11 is 12.0. The van der Waals surface area contributed by atoms with Gasteiger partial charge in [0.2, 0.25) is 0 Å². The van der Waals surface area contributed by atoms with Crippen molar-refractivity contribution < 1.29 is 8.78 Å². The quantitative estimate of drug-likeness (QED) is 0.627. The molecule has 0 spiro atoms. The zero-order valence-corrected chi connectivity index (χ0v) is 11.6. The molecule has 0 aliphatic carbocycles. The molecular weight excluding hydrogens is 305 g/mol. The molecule has 1 heterocycles. The van der Waals surface area contributed by atoms with E-state index in [0.29, 0.717) is 27.6 Å². The minimum Gasteiger partial charge on any atom is -0.294 e. The van der Waals surface area contributed by atoms with Crippen molar-refractivity contribution in [3.8, 4) is 5.69 Å². The van der Waals surface area contributed by atoms with Crippen molar-refractivity contribution in [2.45, 2.75) is 5.88 Å². The minimum atomic E-state index is -0.422. The molecule has 3 rings (SSSR count). The average molecular weight is 313 g/mol. The number of fused-ring (bicyclic) bond motifs is 1. The van der Waals surface area contributed by atoms with Gasteiger partial charge in [0.25, 0.3) is 0 Å². The number of alkyl halides is 1. The monoisotopic (exact) mass is 312 g/mol. The van der Waals surface area contributed by atoms with Gasteiger partial charge in [-0.3, -0.25) is 4.57 Å². The van der Waals surface area contributed by atoms with Crippen LogP contribution in [-0.2, 0) is 5.88 Å². The molecule has 102 valence electrons. The number of rotatable bonds is 2. The molecule has 0 fully saturated rings. The van der Waals surface area contributed by atoms with E-state index < -0.39 is 11.6 Å². The molecule has 0 aliphatic rings. The molecule has 0 aliphatic heterocycles. The summed E-state index contributed by atoms with van der Waals surface area (Å²) < 4.78 is 28.3. The molecule has 0 bridgehead atoms. The van der Waals surface area contributed by atoms with Crippen LogP contribution in [-0.4, -0.2) is 9.55 Å². The second-order valence-electron chi connectivity index (χ2n) is 4.23. The Morgan fingerprint density at radius 2 is 1.75 bits per heavy atom. The third kappa shape index (κ3) is 2.15. The number of hydrogen-bond acceptors (Lipinski definition) is 1. The van der Waals surface area contributed by atoms with E-state index in [1.165, 1.54) is 30.3 Å². The highest BCUT2D eigenvalue weighted by Crippen LogP contribution is 2.28. The van der Waals surface area contributed by atoms with Crippen molar-refractivity contribution >= 4 is 34.2 Å². The summed E-state index contributed by atoms with van der Waals surface area (Å²) in [5, 5.41) is 0.362. The van der Waals surface area contributed by atoms with Gasteiger partial charge in [-0.05, 0) is 30.3 Å². The van der Waals surface area contributed by atoms with Gasteiger partial charge < -0.3 is 0 Å². The number of aromatic nitrogens is 2. The topological polar surface area (TPSA) is 17.8 Å². The third-order valence-electron chi connectivity index (χ3n) is 2.95. The van der Waals surface area contributed by atoms with Gasteiger partial charge in [-0.25, -0.2) is 13.8 Å². The Bertz CT molecular complexity index is 799. The van der Waals surface area contributed by atoms with Crippen LogP contribution >= 0.6 is 23.2 Å². The highest BCUT2D eigenvalue weighted by molar-refractivity contribution is 6.32. The van der Waals surface area contributed by atoms with Crippen LogP contribution in [0.2, 0.25) is 5.02 Å². The lowest BCUT2D eigenvalue weighted by Gasteiger charge is -2.10. The number of nitrogens with zero attached hydrogens (tertiary/aromatic N) is 2. The molecule has 0 amide bonds. The zero-order chi connectivity index (χ0) is 14.3. The maximum Gasteiger partial charge on any atom is 0.129 e. The maximum absolute atomic E-state index is 13.5. The van der Waals surface area contributed by atoms with E-state index in [0.717, 1.165) is 0 Å². The van der Waals surface area contributed by atoms with E-state index >= 15 is 0 Å². The van der Waals surface area contributed by atoms with Crippen LogP contribution in [0, 0.1) is 11.6 Å². The van der Waals surface area contributed by atoms with Crippen LogP contribution in [0.3, 0.4) is 0 Å². The van der Waals surface area contributed by atoms with Gasteiger partial charge in [-0.2, -0.15) is 0 Å². The number of hydrogen-bond donors (Lipinski definition) is 0. The summed E-state index contributed by atoms with van der Waals surface area (Å²) in [6, 6.07) is 8.20. The molecule has 0 unspecified atom stereocenters. The van der Waals surface area contributed by atoms with Crippen LogP contribution in [0.4, 0.5) is 8.78 Å². The van der Waals surface area contributed by atoms with E-state index in [9.17, 15) is 8.78 Å². The Kier molecular flexibility index (Phi) is 3.36. The molecular formula is C14H8Cl2F2N2. The molecule has 0 saturated heterocycles. The van der Waals surface area contributed by atoms with Gasteiger partial charge in [-0.1, -0.05) is 11.6 Å². The van der Waals surface area contributed by atoms with Crippen molar-refractivity contribution in [3.05, 3.63) is 58.9 Å². The number of imidazole rings is 1. The fourth-order valence-electron chi connectivity index (χ4n) is 2.12. The SMILES string of the molecule is Fc1ccc(Cl)c(-n2c(CCl)nc3cc(F)ccc32)c1. The lowest BCUT2D eigenvalue weighted by Crippen LogP contribution is -2.00. The van der Waals surface area contributed by atoms with Crippen molar-refractivity contribution in [2.75, 3.05) is 0 Å². The first kappa shape index (κ1) is 13.3. The summed E-state index contributed by atoms with van der Waals surface area (Å²) in [5.41, 5.74) is 1.49. The molecule has 0 N–H and O–H groups in total. The molecule has 6 heteroatoms. The molecule has 0 atom stereocenters. The summed E-state index contributed by atoms with van der Waals surface area (Å²) in [7, 11) is 0. The largest absolute Gasteiger partial charge is 0.294 e. The average Bonchev–Trinajstić information content (AvgIpc) is 2.78. The molecule has 3 aromatic rings. The van der Waals surface area contributed by atoms with Gasteiger partial charge in [0.05, 0.1) is 27.6 Å². The van der Waals surface area contributed by atoms with Crippen LogP contribution < -0.4 is 0 Å². The minimum absolute atomic E-state index is 0.100. The normalized spacial score (nSPS) is 11.2. The van der Waals surface area contributed by atoms with Crippen LogP contribution in [0.1, 0.15) is 5.82 Å². The van der Waals surface area contributed by atoms with Crippen LogP contribution in [0.25, 0.3) is 16.7 Å². The van der Waals surface area contributed by atoms with E-state index in [1.54, 1.807) is 10.6 Å². The molecule has 0 radical (unpaired) electrons. The first-order valence-electron chi connectivity index (χ1n) is 5.78. The second kappa shape index (κ2) is 5.04. The van der Waals surface area contributed by atoms with Gasteiger partial charge in [0.15, 0.2) is 0 Å². The van der Waals surface area contributed by atoms with Crippen molar-refractivity contribution in [2.24, 2.45) is 0 Å². The number of halogens is 4. The highest BCUT2D eigenvalue weighted by Gasteiger charge is 2.15. The standard InChI is InChI=1S/C14H8Cl2F2N2/c15-7-14-19-11-5-8(17)2-4-12(11)20(14)13-6-9(18)1-3-10(13)16/h1-6H,7H2. The molecule has 20 heavy (non-hydrogen) atoms. The highest BCUT2D eigenvalue weighted by atomic mass is 35.5. The fourth-order valence-corrected chi connectivity index (χ4v) is 2.50. The van der Waals surface area contributed by atoms with Gasteiger partial charge in [0.1, 0.15) is 17.5 Å². The first-order chi connectivity index (χ1) is 9.60. The van der Waals surface area contributed by atoms with Gasteiger partial charge >= 0.3 is 0 Å². The maximum atomic E-state index is 13.5. The first-order valence-corrected chi connectivity index (χ1v) is 6.69. The third-order valence-corrected chi connectivity index (χ3v) is 3.51. The fraction of sp³-hybridized carbons (Fsp3) is 0.0714. The van der Waals surface area contributed by atoms with Gasteiger partial charge in [-0.15, -0.1) is 11.6 Å². The van der Waals surface area contributed by atoms with Crippen molar-refractivity contribution in [1.29, 1.82) is 0 Å². The van der Waals surface area contributed by atoms with E-state index in [1.807, 2.05) is 0 Å². The predicted octanol–water partition coefficient (Wildman–Crippen LogP) is 4.70. The van der Waals surface area contributed by atoms with Crippen LogP contribution in [0.5, 0.6) is 0 Å². The lowest BCUT2D eigenvalue weighted by molar-refractivity contribution is 0.626. The Balaban J connectivity index is 2.37. The molecule has 2 aromatic carbocycles. The number of benzene rings is 2. The van der Waals surface area contributed by atoms with E-state index in [4.69, 9.17) is 23.2 Å². The molecule has 1 aromatic heterocycles. The van der Waals surface area contributed by atoms with Gasteiger partial charge in [0, 0.05) is 6.07 Å². The second-order valence-corrected chi connectivity index (χ2v) is 4.90. The van der Waals surface area contributed by atoms with Crippen LogP contribution in [0.15, 0.2) is 36.4 Å². The van der Waals surface area contributed by atoms with E-state index in [2.05, 4.69) is 4.98 Å². The molecule has 2 nitrogen and oxygen atoms in total. The van der Waals surface area contributed by atoms with Crippen molar-refractivity contribution in [1.82, 2.24) is 9.55 Å². The summed E-state index contributed by atoms with van der Waals surface area (Å²) in [5.74, 6) is -0.245.